The number of rotatable bonds is 13. The first kappa shape index (κ1) is 27.9. The average Bonchev–Trinajstić information content (AvgIpc) is 3.14. The third-order valence-corrected chi connectivity index (χ3v) is 22.7. The number of nitrogens with zero attached hydrogens (tertiary/aromatic N) is 1. The van der Waals surface area contributed by atoms with Crippen LogP contribution in [0.25, 0.3) is 0 Å². The number of unbranched alkanes of at least 4 members (excludes halogenated alkanes) is 3. The molecule has 1 heterocycles. The molecule has 1 atom stereocenters. The third kappa shape index (κ3) is 8.79. The van der Waals surface area contributed by atoms with Crippen molar-refractivity contribution in [1.29, 1.82) is 0 Å². The maximum atomic E-state index is 3.01. The summed E-state index contributed by atoms with van der Waals surface area (Å²) in [5.41, 5.74) is 7.62. The predicted octanol–water partition coefficient (Wildman–Crippen LogP) is 9.18. The topological polar surface area (TPSA) is 3.24 Å². The molecule has 180 valence electrons. The van der Waals surface area contributed by atoms with E-state index >= 15 is 0 Å². The molecular formula is C29H51NSiSn. The fourth-order valence-corrected chi connectivity index (χ4v) is 21.9. The van der Waals surface area contributed by atoms with Gasteiger partial charge in [0.1, 0.15) is 0 Å². The summed E-state index contributed by atoms with van der Waals surface area (Å²) < 4.78 is 7.73. The molecule has 0 aromatic heterocycles. The van der Waals surface area contributed by atoms with Crippen LogP contribution in [-0.4, -0.2) is 44.4 Å². The van der Waals surface area contributed by atoms with Crippen LogP contribution in [0.15, 0.2) is 51.3 Å². The van der Waals surface area contributed by atoms with Crippen LogP contribution in [0, 0.1) is 0 Å². The van der Waals surface area contributed by atoms with Gasteiger partial charge in [0.2, 0.25) is 0 Å². The third-order valence-electron chi connectivity index (χ3n) is 7.16. The Kier molecular flexibility index (Phi) is 11.8. The van der Waals surface area contributed by atoms with Gasteiger partial charge in [-0.1, -0.05) is 0 Å². The first-order valence-electron chi connectivity index (χ1n) is 13.5. The van der Waals surface area contributed by atoms with Gasteiger partial charge in [-0.05, 0) is 0 Å². The van der Waals surface area contributed by atoms with Crippen LogP contribution in [0.4, 0.5) is 0 Å². The molecule has 3 heteroatoms. The van der Waals surface area contributed by atoms with Gasteiger partial charge < -0.3 is 0 Å². The Hall–Kier alpha value is -0.324. The summed E-state index contributed by atoms with van der Waals surface area (Å²) in [5, 5.41) is 0. The van der Waals surface area contributed by atoms with E-state index in [1.54, 1.807) is 24.5 Å². The normalized spacial score (nSPS) is 19.2. The molecule has 1 aliphatic rings. The quantitative estimate of drug-likeness (QED) is 0.218. The Morgan fingerprint density at radius 3 is 1.81 bits per heavy atom. The van der Waals surface area contributed by atoms with Crippen molar-refractivity contribution in [2.75, 3.05) is 13.1 Å². The van der Waals surface area contributed by atoms with Crippen molar-refractivity contribution in [2.24, 2.45) is 0 Å². The molecule has 0 bridgehead atoms. The van der Waals surface area contributed by atoms with Crippen LogP contribution < -0.4 is 0 Å². The van der Waals surface area contributed by atoms with E-state index in [4.69, 9.17) is 0 Å². The zero-order chi connectivity index (χ0) is 23.6. The number of likely N-dealkylation sites (tertiary alicyclic amines) is 1. The minimum absolute atomic E-state index is 0.485. The fourth-order valence-electron chi connectivity index (χ4n) is 5.26. The van der Waals surface area contributed by atoms with Crippen LogP contribution in [-0.2, 0) is 0 Å². The molecule has 0 aliphatic carbocycles. The first-order chi connectivity index (χ1) is 15.2. The Morgan fingerprint density at radius 1 is 0.844 bits per heavy atom. The molecule has 1 aromatic rings. The summed E-state index contributed by atoms with van der Waals surface area (Å²) in [6.45, 7) is 19.4. The van der Waals surface area contributed by atoms with E-state index < -0.39 is 26.5 Å². The van der Waals surface area contributed by atoms with Crippen molar-refractivity contribution in [1.82, 2.24) is 4.90 Å². The molecule has 2 rings (SSSR count). The Labute approximate surface area is 205 Å². The molecule has 1 aliphatic heterocycles. The van der Waals surface area contributed by atoms with Crippen LogP contribution in [0.1, 0.15) is 77.8 Å². The summed E-state index contributed by atoms with van der Waals surface area (Å²) >= 11 is -2.31. The van der Waals surface area contributed by atoms with E-state index in [-0.39, 0.29) is 0 Å². The molecular weight excluding hydrogens is 509 g/mol. The molecule has 1 aromatic carbocycles. The minimum atomic E-state index is -2.31. The summed E-state index contributed by atoms with van der Waals surface area (Å²) in [6, 6.07) is 11.6. The van der Waals surface area contributed by atoms with Gasteiger partial charge in [-0.2, -0.15) is 0 Å². The first-order valence-corrected chi connectivity index (χ1v) is 24.7. The monoisotopic (exact) mass is 561 g/mol. The van der Waals surface area contributed by atoms with Crippen molar-refractivity contribution in [3.8, 4) is 0 Å². The molecule has 1 fully saturated rings. The molecule has 0 amide bonds. The summed E-state index contributed by atoms with van der Waals surface area (Å²) in [6.07, 6.45) is 8.41. The molecule has 0 spiro atoms. The van der Waals surface area contributed by atoms with E-state index in [1.165, 1.54) is 44.1 Å². The van der Waals surface area contributed by atoms with Crippen molar-refractivity contribution >= 4 is 26.5 Å². The maximum absolute atomic E-state index is 3.01. The number of hydrogen-bond donors (Lipinski definition) is 0. The second-order valence-electron chi connectivity index (χ2n) is 11.4. The van der Waals surface area contributed by atoms with Gasteiger partial charge >= 0.3 is 206 Å². The molecule has 0 unspecified atom stereocenters. The van der Waals surface area contributed by atoms with Crippen molar-refractivity contribution in [3.63, 3.8) is 0 Å². The molecule has 1 nitrogen and oxygen atoms in total. The van der Waals surface area contributed by atoms with Crippen LogP contribution in [0.3, 0.4) is 0 Å². The zero-order valence-electron chi connectivity index (χ0n) is 22.3. The van der Waals surface area contributed by atoms with E-state index in [2.05, 4.69) is 92.4 Å². The molecule has 0 saturated carbocycles. The van der Waals surface area contributed by atoms with E-state index in [9.17, 15) is 0 Å². The van der Waals surface area contributed by atoms with Crippen molar-refractivity contribution in [3.05, 3.63) is 56.8 Å². The molecule has 32 heavy (non-hydrogen) atoms. The van der Waals surface area contributed by atoms with Gasteiger partial charge in [0.05, 0.1) is 0 Å². The number of benzene rings is 1. The summed E-state index contributed by atoms with van der Waals surface area (Å²) in [5.74, 6) is 0. The summed E-state index contributed by atoms with van der Waals surface area (Å²) in [7, 11) is -1.27. The van der Waals surface area contributed by atoms with E-state index in [1.807, 2.05) is 0 Å². The molecule has 1 saturated heterocycles. The SMILES string of the molecule is CCC[CH2][Sn](/[CH]=C1\CN([C@H](C)c2ccccc2)C\C1=C/[Si](C)(C)C)([CH2]CCC)[CH2]CCC. The van der Waals surface area contributed by atoms with Gasteiger partial charge in [-0.3, -0.25) is 0 Å². The zero-order valence-corrected chi connectivity index (χ0v) is 26.2. The predicted molar refractivity (Wildman–Crippen MR) is 151 cm³/mol. The van der Waals surface area contributed by atoms with Gasteiger partial charge in [0.15, 0.2) is 0 Å². The van der Waals surface area contributed by atoms with Gasteiger partial charge in [-0.15, -0.1) is 0 Å². The second kappa shape index (κ2) is 13.5. The standard InChI is InChI=1S/C17H24NSi.3C4H9.Sn/c1-14-11-18(12-17(14)13-19(3,4)5)15(2)16-9-7-6-8-10-16;3*1-3-4-2;/h1,6-10,13,15H,11-12H2,2-5H3;3*1,3-4H2,2H3;/b14-1?,17-13+;;;;/t15-;;;;/m1..../s1. The van der Waals surface area contributed by atoms with Crippen molar-refractivity contribution < 1.29 is 0 Å². The molecule has 0 radical (unpaired) electrons. The van der Waals surface area contributed by atoms with Crippen molar-refractivity contribution in [2.45, 2.75) is 105 Å². The molecule has 0 N–H and O–H groups in total. The van der Waals surface area contributed by atoms with Crippen LogP contribution in [0.5, 0.6) is 0 Å². The van der Waals surface area contributed by atoms with Crippen LogP contribution in [0.2, 0.25) is 33.0 Å². The summed E-state index contributed by atoms with van der Waals surface area (Å²) in [4.78, 5) is 2.74. The second-order valence-corrected chi connectivity index (χ2v) is 29.3. The van der Waals surface area contributed by atoms with Crippen LogP contribution >= 0.6 is 0 Å². The van der Waals surface area contributed by atoms with Gasteiger partial charge in [-0.25, -0.2) is 0 Å². The van der Waals surface area contributed by atoms with Gasteiger partial charge in [0.25, 0.3) is 0 Å². The fraction of sp³-hybridized carbons (Fsp3) is 0.655. The van der Waals surface area contributed by atoms with E-state index in [0.29, 0.717) is 6.04 Å². The average molecular weight is 561 g/mol. The van der Waals surface area contributed by atoms with E-state index in [0.717, 1.165) is 13.1 Å². The van der Waals surface area contributed by atoms with Gasteiger partial charge in [0, 0.05) is 0 Å². The Morgan fingerprint density at radius 2 is 1.34 bits per heavy atom. The number of hydrogen-bond acceptors (Lipinski definition) is 1. The Bertz CT molecular complexity index is 709. The Balaban J connectivity index is 2.44.